The van der Waals surface area contributed by atoms with Crippen molar-refractivity contribution in [3.05, 3.63) is 29.3 Å². The summed E-state index contributed by atoms with van der Waals surface area (Å²) in [5, 5.41) is 3.99. The number of rotatable bonds is 3. The molecule has 0 spiro atoms. The highest BCUT2D eigenvalue weighted by atomic mass is 32.1. The molecule has 2 fully saturated rings. The summed E-state index contributed by atoms with van der Waals surface area (Å²) < 4.78 is 6.80. The Balaban J connectivity index is 1.25. The van der Waals surface area contributed by atoms with E-state index in [4.69, 9.17) is 4.74 Å². The summed E-state index contributed by atoms with van der Waals surface area (Å²) >= 11 is 1.64. The zero-order chi connectivity index (χ0) is 17.9. The van der Waals surface area contributed by atoms with E-state index in [1.807, 2.05) is 23.1 Å². The highest BCUT2D eigenvalue weighted by molar-refractivity contribution is 7.18. The van der Waals surface area contributed by atoms with Crippen LogP contribution in [0.3, 0.4) is 0 Å². The summed E-state index contributed by atoms with van der Waals surface area (Å²) in [6.07, 6.45) is 2.40. The number of benzene rings is 1. The molecule has 3 heterocycles. The second-order valence-corrected chi connectivity index (χ2v) is 8.24. The van der Waals surface area contributed by atoms with Gasteiger partial charge in [0.25, 0.3) is 0 Å². The van der Waals surface area contributed by atoms with Crippen LogP contribution < -0.4 is 5.32 Å². The highest BCUT2D eigenvalue weighted by Gasteiger charge is 2.29. The summed E-state index contributed by atoms with van der Waals surface area (Å²) in [6.45, 7) is 7.12. The summed E-state index contributed by atoms with van der Waals surface area (Å²) in [5.74, 6) is 0. The van der Waals surface area contributed by atoms with Crippen LogP contribution in [0.5, 0.6) is 0 Å². The van der Waals surface area contributed by atoms with E-state index in [2.05, 4.69) is 28.2 Å². The van der Waals surface area contributed by atoms with Gasteiger partial charge < -0.3 is 15.0 Å². The number of hydrogen-bond donors (Lipinski definition) is 1. The molecule has 7 heteroatoms. The lowest BCUT2D eigenvalue weighted by molar-refractivity contribution is -0.0417. The van der Waals surface area contributed by atoms with E-state index in [1.165, 1.54) is 0 Å². The first-order valence-corrected chi connectivity index (χ1v) is 10.2. The summed E-state index contributed by atoms with van der Waals surface area (Å²) in [5.41, 5.74) is 1.00. The molecule has 1 aromatic heterocycles. The molecule has 1 N–H and O–H groups in total. The first-order valence-electron chi connectivity index (χ1n) is 9.42. The van der Waals surface area contributed by atoms with E-state index in [1.54, 1.807) is 11.3 Å². The van der Waals surface area contributed by atoms with Crippen LogP contribution in [0.25, 0.3) is 10.2 Å². The van der Waals surface area contributed by atoms with Crippen LogP contribution >= 0.6 is 11.3 Å². The van der Waals surface area contributed by atoms with Gasteiger partial charge in [-0.05, 0) is 31.9 Å². The Morgan fingerprint density at radius 1 is 1.31 bits per heavy atom. The van der Waals surface area contributed by atoms with E-state index in [-0.39, 0.29) is 6.03 Å². The van der Waals surface area contributed by atoms with Gasteiger partial charge >= 0.3 is 6.03 Å². The Bertz CT molecular complexity index is 724. The molecule has 6 nitrogen and oxygen atoms in total. The predicted molar refractivity (Wildman–Crippen MR) is 103 cm³/mol. The van der Waals surface area contributed by atoms with Gasteiger partial charge in [0.15, 0.2) is 0 Å². The molecule has 140 valence electrons. The van der Waals surface area contributed by atoms with Crippen LogP contribution in [0.1, 0.15) is 24.8 Å². The molecule has 26 heavy (non-hydrogen) atoms. The first-order chi connectivity index (χ1) is 12.7. The van der Waals surface area contributed by atoms with Crippen molar-refractivity contribution in [3.63, 3.8) is 0 Å². The molecule has 0 saturated carbocycles. The number of amides is 2. The van der Waals surface area contributed by atoms with Gasteiger partial charge in [0.05, 0.1) is 29.5 Å². The zero-order valence-electron chi connectivity index (χ0n) is 15.2. The third kappa shape index (κ3) is 4.00. The topological polar surface area (TPSA) is 57.7 Å². The van der Waals surface area contributed by atoms with E-state index < -0.39 is 0 Å². The molecule has 1 aromatic carbocycles. The number of hydrogen-bond acceptors (Lipinski definition) is 5. The summed E-state index contributed by atoms with van der Waals surface area (Å²) in [6, 6.07) is 8.68. The number of thiazole rings is 1. The van der Waals surface area contributed by atoms with Crippen LogP contribution in [0.2, 0.25) is 0 Å². The fraction of sp³-hybridized carbons (Fsp3) is 0.579. The maximum absolute atomic E-state index is 12.5. The largest absolute Gasteiger partial charge is 0.376 e. The lowest BCUT2D eigenvalue weighted by Gasteiger charge is -2.41. The number of carbonyl (C=O) groups is 1. The van der Waals surface area contributed by atoms with Crippen molar-refractivity contribution >= 4 is 27.6 Å². The average molecular weight is 375 g/mol. The number of fused-ring (bicyclic) bond motifs is 1. The Labute approximate surface area is 158 Å². The number of morpholine rings is 1. The monoisotopic (exact) mass is 374 g/mol. The van der Waals surface area contributed by atoms with Crippen LogP contribution in [0.15, 0.2) is 24.3 Å². The number of nitrogens with zero attached hydrogens (tertiary/aromatic N) is 3. The van der Waals surface area contributed by atoms with E-state index in [0.29, 0.717) is 18.7 Å². The first kappa shape index (κ1) is 17.7. The highest BCUT2D eigenvalue weighted by Crippen LogP contribution is 2.22. The fourth-order valence-electron chi connectivity index (χ4n) is 3.87. The Hall–Kier alpha value is -1.70. The molecule has 0 aliphatic carbocycles. The van der Waals surface area contributed by atoms with Gasteiger partial charge in [-0.3, -0.25) is 4.90 Å². The number of nitrogens with one attached hydrogen (secondary N) is 1. The van der Waals surface area contributed by atoms with Crippen molar-refractivity contribution in [2.24, 2.45) is 0 Å². The standard InChI is InChI=1S/C19H26N4O2S/c1-14-13-23(10-11-25-14)15-6-8-22(9-7-15)19(24)20-12-18-21-16-4-2-3-5-17(16)26-18/h2-5,14-15H,6-13H2,1H3,(H,20,24). The van der Waals surface area contributed by atoms with Gasteiger partial charge in [0, 0.05) is 32.2 Å². The molecule has 1 atom stereocenters. The van der Waals surface area contributed by atoms with Crippen molar-refractivity contribution in [1.29, 1.82) is 0 Å². The number of para-hydroxylation sites is 1. The van der Waals surface area contributed by atoms with E-state index in [0.717, 1.165) is 60.9 Å². The third-order valence-electron chi connectivity index (χ3n) is 5.27. The molecule has 2 aliphatic heterocycles. The van der Waals surface area contributed by atoms with E-state index >= 15 is 0 Å². The van der Waals surface area contributed by atoms with Gasteiger partial charge in [-0.1, -0.05) is 12.1 Å². The fourth-order valence-corrected chi connectivity index (χ4v) is 4.78. The molecular weight excluding hydrogens is 348 g/mol. The van der Waals surface area contributed by atoms with Gasteiger partial charge in [-0.25, -0.2) is 9.78 Å². The zero-order valence-corrected chi connectivity index (χ0v) is 16.0. The second kappa shape index (κ2) is 7.90. The smallest absolute Gasteiger partial charge is 0.317 e. The van der Waals surface area contributed by atoms with Gasteiger partial charge in [0.1, 0.15) is 5.01 Å². The average Bonchev–Trinajstić information content (AvgIpc) is 3.09. The van der Waals surface area contributed by atoms with Gasteiger partial charge in [-0.15, -0.1) is 11.3 Å². The SMILES string of the molecule is CC1CN(C2CCN(C(=O)NCc3nc4ccccc4s3)CC2)CCO1. The van der Waals surface area contributed by atoms with Crippen LogP contribution in [-0.4, -0.2) is 65.7 Å². The molecule has 2 aromatic rings. The number of carbonyl (C=O) groups excluding carboxylic acids is 1. The van der Waals surface area contributed by atoms with Crippen molar-refractivity contribution in [3.8, 4) is 0 Å². The second-order valence-electron chi connectivity index (χ2n) is 7.13. The predicted octanol–water partition coefficient (Wildman–Crippen LogP) is 2.69. The Morgan fingerprint density at radius 3 is 2.88 bits per heavy atom. The molecule has 0 bridgehead atoms. The van der Waals surface area contributed by atoms with E-state index in [9.17, 15) is 4.79 Å². The number of ether oxygens (including phenoxy) is 1. The minimum absolute atomic E-state index is 0.0260. The molecule has 0 radical (unpaired) electrons. The summed E-state index contributed by atoms with van der Waals surface area (Å²) in [4.78, 5) is 21.5. The summed E-state index contributed by atoms with van der Waals surface area (Å²) in [7, 11) is 0. The number of likely N-dealkylation sites (tertiary alicyclic amines) is 1. The van der Waals surface area contributed by atoms with Crippen LogP contribution in [0.4, 0.5) is 4.79 Å². The number of urea groups is 1. The van der Waals surface area contributed by atoms with Crippen molar-refractivity contribution in [1.82, 2.24) is 20.1 Å². The van der Waals surface area contributed by atoms with Crippen molar-refractivity contribution < 1.29 is 9.53 Å². The molecule has 2 aliphatic rings. The molecule has 2 amide bonds. The van der Waals surface area contributed by atoms with Crippen LogP contribution in [-0.2, 0) is 11.3 Å². The molecule has 2 saturated heterocycles. The van der Waals surface area contributed by atoms with Crippen molar-refractivity contribution in [2.75, 3.05) is 32.8 Å². The minimum atomic E-state index is 0.0260. The van der Waals surface area contributed by atoms with Crippen LogP contribution in [0, 0.1) is 0 Å². The maximum Gasteiger partial charge on any atom is 0.317 e. The lowest BCUT2D eigenvalue weighted by Crippen LogP contribution is -2.53. The number of aromatic nitrogens is 1. The third-order valence-corrected chi connectivity index (χ3v) is 6.31. The maximum atomic E-state index is 12.5. The van der Waals surface area contributed by atoms with Crippen molar-refractivity contribution in [2.45, 2.75) is 38.5 Å². The Kier molecular flexibility index (Phi) is 5.38. The quantitative estimate of drug-likeness (QED) is 0.897. The Morgan fingerprint density at radius 2 is 2.12 bits per heavy atom. The lowest BCUT2D eigenvalue weighted by atomic mass is 10.0. The normalized spacial score (nSPS) is 22.7. The number of piperidine rings is 1. The molecular formula is C19H26N4O2S. The molecule has 4 rings (SSSR count). The van der Waals surface area contributed by atoms with Gasteiger partial charge in [-0.2, -0.15) is 0 Å². The minimum Gasteiger partial charge on any atom is -0.376 e. The van der Waals surface area contributed by atoms with Gasteiger partial charge in [0.2, 0.25) is 0 Å². The molecule has 1 unspecified atom stereocenters.